The minimum absolute atomic E-state index is 0.0675. The van der Waals surface area contributed by atoms with Crippen LogP contribution in [0.1, 0.15) is 44.6 Å². The number of benzene rings is 2. The molecule has 8 nitrogen and oxygen atoms in total. The molecule has 0 heterocycles. The highest BCUT2D eigenvalue weighted by Gasteiger charge is 2.31. The second-order valence-corrected chi connectivity index (χ2v) is 12.0. The molecular weight excluding hydrogens is 537 g/mol. The first-order valence-corrected chi connectivity index (χ1v) is 14.8. The molecule has 202 valence electrons. The molecule has 1 N–H and O–H groups in total. The average Bonchev–Trinajstić information content (AvgIpc) is 2.86. The van der Waals surface area contributed by atoms with E-state index in [9.17, 15) is 18.0 Å². The lowest BCUT2D eigenvalue weighted by atomic mass is 9.95. The number of hydrogen-bond acceptors (Lipinski definition) is 5. The first kappa shape index (κ1) is 29.1. The van der Waals surface area contributed by atoms with Crippen LogP contribution in [0.4, 0.5) is 5.69 Å². The highest BCUT2D eigenvalue weighted by molar-refractivity contribution is 7.92. The zero-order valence-corrected chi connectivity index (χ0v) is 23.6. The number of halogens is 2. The highest BCUT2D eigenvalue weighted by Crippen LogP contribution is 2.30. The summed E-state index contributed by atoms with van der Waals surface area (Å²) in [5.41, 5.74) is 0.864. The van der Waals surface area contributed by atoms with Crippen LogP contribution in [0.3, 0.4) is 0 Å². The molecule has 0 aromatic heterocycles. The fraction of sp³-hybridized carbons (Fsp3) is 0.462. The molecule has 1 saturated carbocycles. The lowest BCUT2D eigenvalue weighted by molar-refractivity contribution is -0.139. The Morgan fingerprint density at radius 3 is 2.43 bits per heavy atom. The topological polar surface area (TPSA) is 96.0 Å². The molecule has 2 aromatic carbocycles. The predicted molar refractivity (Wildman–Crippen MR) is 147 cm³/mol. The Bertz CT molecular complexity index is 1220. The van der Waals surface area contributed by atoms with Crippen LogP contribution in [-0.4, -0.2) is 57.1 Å². The molecule has 3 rings (SSSR count). The van der Waals surface area contributed by atoms with Crippen molar-refractivity contribution in [2.75, 3.05) is 24.2 Å². The molecule has 0 radical (unpaired) electrons. The van der Waals surface area contributed by atoms with Crippen molar-refractivity contribution in [1.29, 1.82) is 0 Å². The molecule has 1 atom stereocenters. The second kappa shape index (κ2) is 12.8. The van der Waals surface area contributed by atoms with Gasteiger partial charge in [-0.05, 0) is 55.7 Å². The van der Waals surface area contributed by atoms with Gasteiger partial charge in [-0.2, -0.15) is 0 Å². The van der Waals surface area contributed by atoms with E-state index in [1.165, 1.54) is 23.1 Å². The SMILES string of the molecule is COc1cccc(CN(C(=O)CN(c2ccc(Cl)cc2Cl)S(C)(=O)=O)[C@@H](C)C(=O)NC2CCCCC2)c1. The number of carbonyl (C=O) groups excluding carboxylic acids is 2. The number of amides is 2. The summed E-state index contributed by atoms with van der Waals surface area (Å²) >= 11 is 12.3. The normalized spacial score (nSPS) is 15.1. The summed E-state index contributed by atoms with van der Waals surface area (Å²) in [5.74, 6) is -0.223. The smallest absolute Gasteiger partial charge is 0.244 e. The van der Waals surface area contributed by atoms with Gasteiger partial charge in [-0.25, -0.2) is 8.42 Å². The highest BCUT2D eigenvalue weighted by atomic mass is 35.5. The largest absolute Gasteiger partial charge is 0.497 e. The summed E-state index contributed by atoms with van der Waals surface area (Å²) in [6, 6.07) is 10.7. The van der Waals surface area contributed by atoms with Crippen LogP contribution >= 0.6 is 23.2 Å². The van der Waals surface area contributed by atoms with Gasteiger partial charge < -0.3 is 15.0 Å². The van der Waals surface area contributed by atoms with Gasteiger partial charge in [-0.15, -0.1) is 0 Å². The Morgan fingerprint density at radius 2 is 1.81 bits per heavy atom. The van der Waals surface area contributed by atoms with E-state index in [1.807, 2.05) is 6.07 Å². The molecule has 1 aliphatic carbocycles. The van der Waals surface area contributed by atoms with Crippen LogP contribution < -0.4 is 14.4 Å². The van der Waals surface area contributed by atoms with Crippen LogP contribution in [0.25, 0.3) is 0 Å². The van der Waals surface area contributed by atoms with Crippen molar-refractivity contribution in [2.45, 2.75) is 57.7 Å². The number of sulfonamides is 1. The van der Waals surface area contributed by atoms with Crippen molar-refractivity contribution in [2.24, 2.45) is 0 Å². The summed E-state index contributed by atoms with van der Waals surface area (Å²) < 4.78 is 31.6. The van der Waals surface area contributed by atoms with Crippen molar-refractivity contribution >= 4 is 50.7 Å². The Balaban J connectivity index is 1.90. The van der Waals surface area contributed by atoms with E-state index < -0.39 is 28.5 Å². The quantitative estimate of drug-likeness (QED) is 0.449. The monoisotopic (exact) mass is 569 g/mol. The van der Waals surface area contributed by atoms with Gasteiger partial charge in [-0.3, -0.25) is 13.9 Å². The Morgan fingerprint density at radius 1 is 1.11 bits per heavy atom. The first-order chi connectivity index (χ1) is 17.5. The third-order valence-electron chi connectivity index (χ3n) is 6.46. The maximum Gasteiger partial charge on any atom is 0.244 e. The van der Waals surface area contributed by atoms with E-state index in [1.54, 1.807) is 32.2 Å². The van der Waals surface area contributed by atoms with Crippen molar-refractivity contribution in [1.82, 2.24) is 10.2 Å². The summed E-state index contributed by atoms with van der Waals surface area (Å²) in [5, 5.41) is 3.49. The molecule has 11 heteroatoms. The summed E-state index contributed by atoms with van der Waals surface area (Å²) in [4.78, 5) is 28.3. The van der Waals surface area contributed by atoms with Gasteiger partial charge in [0.15, 0.2) is 0 Å². The number of ether oxygens (including phenoxy) is 1. The Hall–Kier alpha value is -2.49. The van der Waals surface area contributed by atoms with E-state index in [2.05, 4.69) is 5.32 Å². The number of hydrogen-bond donors (Lipinski definition) is 1. The number of carbonyl (C=O) groups is 2. The van der Waals surface area contributed by atoms with Gasteiger partial charge in [-0.1, -0.05) is 54.6 Å². The maximum atomic E-state index is 13.7. The van der Waals surface area contributed by atoms with Crippen LogP contribution in [-0.2, 0) is 26.2 Å². The van der Waals surface area contributed by atoms with Gasteiger partial charge in [0.1, 0.15) is 18.3 Å². The zero-order chi connectivity index (χ0) is 27.2. The van der Waals surface area contributed by atoms with Crippen molar-refractivity contribution in [3.63, 3.8) is 0 Å². The van der Waals surface area contributed by atoms with Gasteiger partial charge >= 0.3 is 0 Å². The molecule has 1 fully saturated rings. The molecule has 0 saturated heterocycles. The molecule has 0 spiro atoms. The number of methoxy groups -OCH3 is 1. The Labute approximate surface area is 228 Å². The van der Waals surface area contributed by atoms with E-state index in [0.29, 0.717) is 10.8 Å². The molecule has 2 amide bonds. The number of anilines is 1. The number of nitrogens with zero attached hydrogens (tertiary/aromatic N) is 2. The summed E-state index contributed by atoms with van der Waals surface area (Å²) in [7, 11) is -2.35. The van der Waals surface area contributed by atoms with Crippen molar-refractivity contribution in [3.05, 3.63) is 58.1 Å². The van der Waals surface area contributed by atoms with Crippen molar-refractivity contribution in [3.8, 4) is 5.75 Å². The van der Waals surface area contributed by atoms with Crippen LogP contribution in [0.15, 0.2) is 42.5 Å². The molecule has 1 aliphatic rings. The number of rotatable bonds is 10. The van der Waals surface area contributed by atoms with Crippen molar-refractivity contribution < 1.29 is 22.7 Å². The van der Waals surface area contributed by atoms with Gasteiger partial charge in [0.2, 0.25) is 21.8 Å². The average molecular weight is 571 g/mol. The van der Waals surface area contributed by atoms with Gasteiger partial charge in [0, 0.05) is 17.6 Å². The van der Waals surface area contributed by atoms with Crippen LogP contribution in [0.5, 0.6) is 5.75 Å². The molecule has 2 aromatic rings. The molecule has 0 aliphatic heterocycles. The lowest BCUT2D eigenvalue weighted by Crippen LogP contribution is -2.53. The van der Waals surface area contributed by atoms with Crippen LogP contribution in [0.2, 0.25) is 10.0 Å². The van der Waals surface area contributed by atoms with E-state index in [0.717, 1.165) is 48.2 Å². The van der Waals surface area contributed by atoms with Gasteiger partial charge in [0.05, 0.1) is 24.1 Å². The minimum Gasteiger partial charge on any atom is -0.497 e. The third-order valence-corrected chi connectivity index (χ3v) is 8.13. The van der Waals surface area contributed by atoms with E-state index >= 15 is 0 Å². The molecule has 37 heavy (non-hydrogen) atoms. The minimum atomic E-state index is -3.90. The molecule has 0 unspecified atom stereocenters. The fourth-order valence-corrected chi connectivity index (χ4v) is 5.82. The maximum absolute atomic E-state index is 13.7. The third kappa shape index (κ3) is 7.99. The van der Waals surface area contributed by atoms with Gasteiger partial charge in [0.25, 0.3) is 0 Å². The lowest BCUT2D eigenvalue weighted by Gasteiger charge is -2.33. The summed E-state index contributed by atoms with van der Waals surface area (Å²) in [6.07, 6.45) is 6.06. The summed E-state index contributed by atoms with van der Waals surface area (Å²) in [6.45, 7) is 1.20. The van der Waals surface area contributed by atoms with E-state index in [4.69, 9.17) is 27.9 Å². The molecule has 0 bridgehead atoms. The second-order valence-electron chi connectivity index (χ2n) is 9.26. The fourth-order valence-electron chi connectivity index (χ4n) is 4.40. The predicted octanol–water partition coefficient (Wildman–Crippen LogP) is 4.63. The zero-order valence-electron chi connectivity index (χ0n) is 21.2. The first-order valence-electron chi connectivity index (χ1n) is 12.1. The number of nitrogens with one attached hydrogen (secondary N) is 1. The van der Waals surface area contributed by atoms with E-state index in [-0.39, 0.29) is 29.2 Å². The standard InChI is InChI=1S/C26H33Cl2N3O5S/c1-18(26(33)29-21-9-5-4-6-10-21)30(16-19-8-7-11-22(14-19)36-2)25(32)17-31(37(3,34)35)24-13-12-20(27)15-23(24)28/h7-8,11-15,18,21H,4-6,9-10,16-17H2,1-3H3,(H,29,33)/t18-/m0/s1. The van der Waals surface area contributed by atoms with Crippen LogP contribution in [0, 0.1) is 0 Å². The Kier molecular flexibility index (Phi) is 10.1. The molecular formula is C26H33Cl2N3O5S.